The summed E-state index contributed by atoms with van der Waals surface area (Å²) in [6.45, 7) is 0. The molecule has 0 spiro atoms. The lowest BCUT2D eigenvalue weighted by Crippen LogP contribution is -1.82. The summed E-state index contributed by atoms with van der Waals surface area (Å²) in [7, 11) is 0. The first-order chi connectivity index (χ1) is 11.4. The summed E-state index contributed by atoms with van der Waals surface area (Å²) >= 11 is 0. The van der Waals surface area contributed by atoms with Crippen LogP contribution in [0.4, 0.5) is 0 Å². The van der Waals surface area contributed by atoms with Crippen molar-refractivity contribution in [3.05, 3.63) is 84.9 Å². The van der Waals surface area contributed by atoms with Crippen molar-refractivity contribution in [1.29, 1.82) is 0 Å². The standard InChI is InChI=1S/C22H14O/c1-3-9-17-15(7-1)13-20(19-11-5-4-10-18(17)19)22-14-16-8-2-6-12-21(16)23-22/h1-14H. The largest absolute Gasteiger partial charge is 0.456 e. The first kappa shape index (κ1) is 12.5. The predicted octanol–water partition coefficient (Wildman–Crippen LogP) is 6.41. The highest BCUT2D eigenvalue weighted by Gasteiger charge is 2.11. The van der Waals surface area contributed by atoms with Crippen LogP contribution < -0.4 is 0 Å². The van der Waals surface area contributed by atoms with Gasteiger partial charge in [0.05, 0.1) is 0 Å². The van der Waals surface area contributed by atoms with E-state index in [1.54, 1.807) is 0 Å². The van der Waals surface area contributed by atoms with E-state index in [1.807, 2.05) is 18.2 Å². The van der Waals surface area contributed by atoms with Gasteiger partial charge in [0.25, 0.3) is 0 Å². The molecule has 1 nitrogen and oxygen atoms in total. The third-order valence-electron chi connectivity index (χ3n) is 4.46. The van der Waals surface area contributed by atoms with Gasteiger partial charge in [0.1, 0.15) is 11.3 Å². The van der Waals surface area contributed by atoms with Gasteiger partial charge in [0, 0.05) is 10.9 Å². The van der Waals surface area contributed by atoms with Crippen molar-refractivity contribution in [2.24, 2.45) is 0 Å². The SMILES string of the molecule is c1ccc2oc(-c3cc4ccccc4c4ccccc34)cc2c1. The fourth-order valence-corrected chi connectivity index (χ4v) is 3.37. The third-order valence-corrected chi connectivity index (χ3v) is 4.46. The number of rotatable bonds is 1. The zero-order valence-corrected chi connectivity index (χ0v) is 12.5. The van der Waals surface area contributed by atoms with Crippen LogP contribution in [-0.2, 0) is 0 Å². The fourth-order valence-electron chi connectivity index (χ4n) is 3.37. The van der Waals surface area contributed by atoms with Gasteiger partial charge in [-0.05, 0) is 39.7 Å². The zero-order valence-electron chi connectivity index (χ0n) is 12.5. The molecule has 0 aliphatic carbocycles. The Morgan fingerprint density at radius 3 is 2.00 bits per heavy atom. The summed E-state index contributed by atoms with van der Waals surface area (Å²) < 4.78 is 6.11. The van der Waals surface area contributed by atoms with Crippen LogP contribution in [0.5, 0.6) is 0 Å². The number of para-hydroxylation sites is 1. The van der Waals surface area contributed by atoms with Crippen molar-refractivity contribution in [2.75, 3.05) is 0 Å². The normalized spacial score (nSPS) is 11.5. The van der Waals surface area contributed by atoms with E-state index in [0.717, 1.165) is 22.3 Å². The molecular formula is C22H14O. The molecule has 0 saturated carbocycles. The predicted molar refractivity (Wildman–Crippen MR) is 96.7 cm³/mol. The Labute approximate surface area is 133 Å². The van der Waals surface area contributed by atoms with Crippen LogP contribution in [-0.4, -0.2) is 0 Å². The fraction of sp³-hybridized carbons (Fsp3) is 0. The van der Waals surface area contributed by atoms with Crippen molar-refractivity contribution in [3.8, 4) is 11.3 Å². The van der Waals surface area contributed by atoms with Crippen LogP contribution in [0.3, 0.4) is 0 Å². The lowest BCUT2D eigenvalue weighted by atomic mass is 9.96. The van der Waals surface area contributed by atoms with Crippen molar-refractivity contribution in [2.45, 2.75) is 0 Å². The van der Waals surface area contributed by atoms with Gasteiger partial charge in [0.15, 0.2) is 0 Å². The number of hydrogen-bond donors (Lipinski definition) is 0. The van der Waals surface area contributed by atoms with Gasteiger partial charge in [-0.2, -0.15) is 0 Å². The van der Waals surface area contributed by atoms with Crippen molar-refractivity contribution >= 4 is 32.5 Å². The Bertz CT molecular complexity index is 1130. The molecule has 0 bridgehead atoms. The van der Waals surface area contributed by atoms with E-state index in [9.17, 15) is 0 Å². The first-order valence-electron chi connectivity index (χ1n) is 7.79. The molecule has 0 aliphatic heterocycles. The van der Waals surface area contributed by atoms with E-state index >= 15 is 0 Å². The second kappa shape index (κ2) is 4.72. The lowest BCUT2D eigenvalue weighted by molar-refractivity contribution is 0.632. The van der Waals surface area contributed by atoms with Gasteiger partial charge < -0.3 is 4.42 Å². The summed E-state index contributed by atoms with van der Waals surface area (Å²) in [5.41, 5.74) is 2.08. The van der Waals surface area contributed by atoms with Crippen molar-refractivity contribution in [1.82, 2.24) is 0 Å². The van der Waals surface area contributed by atoms with Gasteiger partial charge in [-0.1, -0.05) is 66.7 Å². The van der Waals surface area contributed by atoms with Crippen LogP contribution in [0.1, 0.15) is 0 Å². The summed E-state index contributed by atoms with van der Waals surface area (Å²) in [4.78, 5) is 0. The van der Waals surface area contributed by atoms with E-state index in [0.29, 0.717) is 0 Å². The van der Waals surface area contributed by atoms with Crippen LogP contribution in [0.25, 0.3) is 43.8 Å². The minimum atomic E-state index is 0.924. The number of hydrogen-bond acceptors (Lipinski definition) is 1. The Balaban J connectivity index is 1.92. The smallest absolute Gasteiger partial charge is 0.136 e. The molecular weight excluding hydrogens is 280 g/mol. The Kier molecular flexibility index (Phi) is 2.56. The maximum atomic E-state index is 6.11. The molecule has 5 aromatic rings. The maximum Gasteiger partial charge on any atom is 0.136 e. The molecule has 0 radical (unpaired) electrons. The Hall–Kier alpha value is -3.06. The molecule has 23 heavy (non-hydrogen) atoms. The summed E-state index contributed by atoms with van der Waals surface area (Å²) in [5.74, 6) is 0.924. The van der Waals surface area contributed by atoms with E-state index in [2.05, 4.69) is 66.7 Å². The number of benzene rings is 4. The summed E-state index contributed by atoms with van der Waals surface area (Å²) in [6, 6.07) is 29.6. The highest BCUT2D eigenvalue weighted by Crippen LogP contribution is 2.37. The van der Waals surface area contributed by atoms with Crippen molar-refractivity contribution in [3.63, 3.8) is 0 Å². The third kappa shape index (κ3) is 1.87. The molecule has 1 heterocycles. The second-order valence-electron chi connectivity index (χ2n) is 5.84. The van der Waals surface area contributed by atoms with Gasteiger partial charge in [-0.3, -0.25) is 0 Å². The minimum absolute atomic E-state index is 0.924. The highest BCUT2D eigenvalue weighted by molar-refractivity contribution is 6.13. The molecule has 0 atom stereocenters. The summed E-state index contributed by atoms with van der Waals surface area (Å²) in [6.07, 6.45) is 0. The molecule has 0 N–H and O–H groups in total. The molecule has 0 amide bonds. The molecule has 0 unspecified atom stereocenters. The lowest BCUT2D eigenvalue weighted by Gasteiger charge is -2.08. The van der Waals surface area contributed by atoms with E-state index in [1.165, 1.54) is 21.5 Å². The molecule has 5 rings (SSSR count). The monoisotopic (exact) mass is 294 g/mol. The second-order valence-corrected chi connectivity index (χ2v) is 5.84. The molecule has 1 aromatic heterocycles. The highest BCUT2D eigenvalue weighted by atomic mass is 16.3. The molecule has 4 aromatic carbocycles. The Morgan fingerprint density at radius 2 is 1.17 bits per heavy atom. The Morgan fingerprint density at radius 1 is 0.522 bits per heavy atom. The van der Waals surface area contributed by atoms with Gasteiger partial charge in [-0.15, -0.1) is 0 Å². The minimum Gasteiger partial charge on any atom is -0.456 e. The van der Waals surface area contributed by atoms with Gasteiger partial charge in [0.2, 0.25) is 0 Å². The van der Waals surface area contributed by atoms with Crippen LogP contribution in [0, 0.1) is 0 Å². The molecule has 0 fully saturated rings. The van der Waals surface area contributed by atoms with Crippen LogP contribution in [0.2, 0.25) is 0 Å². The van der Waals surface area contributed by atoms with Crippen molar-refractivity contribution < 1.29 is 4.42 Å². The van der Waals surface area contributed by atoms with E-state index < -0.39 is 0 Å². The van der Waals surface area contributed by atoms with Crippen LogP contribution in [0.15, 0.2) is 89.3 Å². The average Bonchev–Trinajstić information content (AvgIpc) is 3.05. The average molecular weight is 294 g/mol. The quantitative estimate of drug-likeness (QED) is 0.326. The number of furan rings is 1. The topological polar surface area (TPSA) is 13.1 Å². The molecule has 0 aliphatic rings. The van der Waals surface area contributed by atoms with E-state index in [4.69, 9.17) is 4.42 Å². The maximum absolute atomic E-state index is 6.11. The zero-order chi connectivity index (χ0) is 15.2. The van der Waals surface area contributed by atoms with Crippen LogP contribution >= 0.6 is 0 Å². The van der Waals surface area contributed by atoms with E-state index in [-0.39, 0.29) is 0 Å². The molecule has 1 heteroatoms. The summed E-state index contributed by atoms with van der Waals surface area (Å²) in [5, 5.41) is 6.15. The number of fused-ring (bicyclic) bond motifs is 4. The van der Waals surface area contributed by atoms with Gasteiger partial charge >= 0.3 is 0 Å². The van der Waals surface area contributed by atoms with Gasteiger partial charge in [-0.25, -0.2) is 0 Å². The first-order valence-corrected chi connectivity index (χ1v) is 7.79. The molecule has 0 saturated heterocycles. The molecule has 108 valence electrons.